The molecule has 2 aromatic rings. The van der Waals surface area contributed by atoms with Crippen LogP contribution in [0.15, 0.2) is 43.0 Å². The lowest BCUT2D eigenvalue weighted by molar-refractivity contribution is -0.112. The van der Waals surface area contributed by atoms with Gasteiger partial charge in [-0.3, -0.25) is 4.79 Å². The summed E-state index contributed by atoms with van der Waals surface area (Å²) in [7, 11) is 0. The summed E-state index contributed by atoms with van der Waals surface area (Å²) in [5.41, 5.74) is 7.72. The van der Waals surface area contributed by atoms with Crippen LogP contribution in [0.25, 0.3) is 16.3 Å². The highest BCUT2D eigenvalue weighted by Crippen LogP contribution is 2.26. The molecule has 2 aromatic carbocycles. The van der Waals surface area contributed by atoms with Crippen LogP contribution in [-0.2, 0) is 4.79 Å². The van der Waals surface area contributed by atoms with Crippen LogP contribution in [0.3, 0.4) is 0 Å². The van der Waals surface area contributed by atoms with Crippen LogP contribution < -0.4 is 10.6 Å². The molecule has 1 aliphatic heterocycles. The summed E-state index contributed by atoms with van der Waals surface area (Å²) >= 11 is 0. The number of carbonyl (C=O) groups excluding carboxylic acids is 1. The van der Waals surface area contributed by atoms with Crippen molar-refractivity contribution >= 4 is 27.9 Å². The van der Waals surface area contributed by atoms with E-state index in [1.54, 1.807) is 0 Å². The van der Waals surface area contributed by atoms with Crippen LogP contribution >= 0.6 is 0 Å². The van der Waals surface area contributed by atoms with Gasteiger partial charge in [-0.25, -0.2) is 0 Å². The minimum absolute atomic E-state index is 0.358. The molecular formula is C18H20N2O. The fraction of sp³-hybridized carbons (Fsp3) is 0.278. The lowest BCUT2D eigenvalue weighted by atomic mass is 10.0. The molecule has 1 aliphatic rings. The summed E-state index contributed by atoms with van der Waals surface area (Å²) in [6, 6.07) is 12.4. The molecule has 0 radical (unpaired) electrons. The maximum atomic E-state index is 11.2. The fourth-order valence-electron chi connectivity index (χ4n) is 2.91. The molecule has 3 rings (SSSR count). The van der Waals surface area contributed by atoms with Gasteiger partial charge in [0.25, 0.3) is 0 Å². The van der Waals surface area contributed by atoms with Crippen LogP contribution in [0.1, 0.15) is 24.8 Å². The summed E-state index contributed by atoms with van der Waals surface area (Å²) in [6.45, 7) is 6.02. The second-order valence-corrected chi connectivity index (χ2v) is 5.64. The minimum atomic E-state index is -0.473. The Kier molecular flexibility index (Phi) is 3.65. The van der Waals surface area contributed by atoms with E-state index in [1.165, 1.54) is 30.3 Å². The lowest BCUT2D eigenvalue weighted by Crippen LogP contribution is -2.29. The lowest BCUT2D eigenvalue weighted by Gasteiger charge is -2.29. The van der Waals surface area contributed by atoms with E-state index in [9.17, 15) is 4.79 Å². The number of carbonyl (C=O) groups is 1. The molecule has 0 saturated carbocycles. The van der Waals surface area contributed by atoms with E-state index in [0.29, 0.717) is 5.57 Å². The van der Waals surface area contributed by atoms with Gasteiger partial charge in [-0.2, -0.15) is 0 Å². The quantitative estimate of drug-likeness (QED) is 0.877. The van der Waals surface area contributed by atoms with E-state index in [1.807, 2.05) is 18.2 Å². The number of hydrogen-bond donors (Lipinski definition) is 1. The minimum Gasteiger partial charge on any atom is -0.372 e. The zero-order chi connectivity index (χ0) is 14.8. The molecule has 0 unspecified atom stereocenters. The van der Waals surface area contributed by atoms with E-state index >= 15 is 0 Å². The fourth-order valence-corrected chi connectivity index (χ4v) is 2.91. The number of nitrogens with zero attached hydrogens (tertiary/aromatic N) is 1. The predicted octanol–water partition coefficient (Wildman–Crippen LogP) is 3.33. The van der Waals surface area contributed by atoms with Gasteiger partial charge in [0.05, 0.1) is 0 Å². The second-order valence-electron chi connectivity index (χ2n) is 5.64. The van der Waals surface area contributed by atoms with Crippen LogP contribution in [0, 0.1) is 0 Å². The van der Waals surface area contributed by atoms with E-state index in [-0.39, 0.29) is 0 Å². The van der Waals surface area contributed by atoms with Gasteiger partial charge < -0.3 is 10.6 Å². The van der Waals surface area contributed by atoms with Gasteiger partial charge in [0.2, 0.25) is 5.91 Å². The number of amides is 1. The number of nitrogens with two attached hydrogens (primary N) is 1. The monoisotopic (exact) mass is 280 g/mol. The second kappa shape index (κ2) is 5.60. The van der Waals surface area contributed by atoms with E-state index in [4.69, 9.17) is 5.73 Å². The third kappa shape index (κ3) is 2.77. The molecule has 108 valence electrons. The molecule has 3 heteroatoms. The first-order chi connectivity index (χ1) is 10.1. The van der Waals surface area contributed by atoms with Gasteiger partial charge >= 0.3 is 0 Å². The molecule has 1 saturated heterocycles. The number of piperidine rings is 1. The van der Waals surface area contributed by atoms with Crippen LogP contribution in [0.2, 0.25) is 0 Å². The van der Waals surface area contributed by atoms with E-state index < -0.39 is 5.91 Å². The Morgan fingerprint density at radius 2 is 1.67 bits per heavy atom. The number of fused-ring (bicyclic) bond motifs is 1. The van der Waals surface area contributed by atoms with Crippen LogP contribution in [0.4, 0.5) is 5.69 Å². The highest BCUT2D eigenvalue weighted by Gasteiger charge is 2.11. The molecule has 1 heterocycles. The van der Waals surface area contributed by atoms with Crippen LogP contribution in [0.5, 0.6) is 0 Å². The zero-order valence-electron chi connectivity index (χ0n) is 12.1. The van der Waals surface area contributed by atoms with Gasteiger partial charge in [0.15, 0.2) is 0 Å². The molecule has 3 nitrogen and oxygen atoms in total. The Bertz CT molecular complexity index is 699. The maximum absolute atomic E-state index is 11.2. The standard InChI is InChI=1S/C18H20N2O/c1-13(18(19)21)14-5-6-16-12-17(8-7-15(16)11-14)20-9-3-2-4-10-20/h5-8,11-12H,1-4,9-10H2,(H2,19,21). The molecule has 0 bridgehead atoms. The van der Waals surface area contributed by atoms with Gasteiger partial charge in [-0.15, -0.1) is 0 Å². The third-order valence-corrected chi connectivity index (χ3v) is 4.19. The Balaban J connectivity index is 1.94. The van der Waals surface area contributed by atoms with Crippen molar-refractivity contribution in [2.45, 2.75) is 19.3 Å². The molecule has 0 atom stereocenters. The first-order valence-electron chi connectivity index (χ1n) is 7.43. The number of anilines is 1. The van der Waals surface area contributed by atoms with Crippen molar-refractivity contribution in [1.29, 1.82) is 0 Å². The maximum Gasteiger partial charge on any atom is 0.248 e. The Morgan fingerprint density at radius 3 is 2.38 bits per heavy atom. The van der Waals surface area contributed by atoms with E-state index in [2.05, 4.69) is 29.7 Å². The van der Waals surface area contributed by atoms with Gasteiger partial charge in [0.1, 0.15) is 0 Å². The molecule has 21 heavy (non-hydrogen) atoms. The summed E-state index contributed by atoms with van der Waals surface area (Å²) in [6.07, 6.45) is 3.88. The normalized spacial score (nSPS) is 15.1. The summed E-state index contributed by atoms with van der Waals surface area (Å²) in [5.74, 6) is -0.473. The number of primary amides is 1. The number of rotatable bonds is 3. The summed E-state index contributed by atoms with van der Waals surface area (Å²) in [5, 5.41) is 2.29. The zero-order valence-corrected chi connectivity index (χ0v) is 12.1. The molecule has 0 aliphatic carbocycles. The van der Waals surface area contributed by atoms with Crippen molar-refractivity contribution in [3.8, 4) is 0 Å². The highest BCUT2D eigenvalue weighted by atomic mass is 16.1. The first kappa shape index (κ1) is 13.7. The average Bonchev–Trinajstić information content (AvgIpc) is 2.54. The predicted molar refractivity (Wildman–Crippen MR) is 88.2 cm³/mol. The van der Waals surface area contributed by atoms with Gasteiger partial charge in [-0.1, -0.05) is 24.8 Å². The Morgan fingerprint density at radius 1 is 1.00 bits per heavy atom. The van der Waals surface area contributed by atoms with Crippen molar-refractivity contribution in [3.05, 3.63) is 48.5 Å². The molecule has 1 amide bonds. The summed E-state index contributed by atoms with van der Waals surface area (Å²) in [4.78, 5) is 13.7. The Hall–Kier alpha value is -2.29. The van der Waals surface area contributed by atoms with Crippen molar-refractivity contribution in [3.63, 3.8) is 0 Å². The largest absolute Gasteiger partial charge is 0.372 e. The van der Waals surface area contributed by atoms with Gasteiger partial charge in [-0.05, 0) is 53.8 Å². The van der Waals surface area contributed by atoms with Gasteiger partial charge in [0, 0.05) is 24.4 Å². The Labute approximate surface area is 125 Å². The smallest absolute Gasteiger partial charge is 0.248 e. The van der Waals surface area contributed by atoms with E-state index in [0.717, 1.165) is 24.0 Å². The number of benzene rings is 2. The molecular weight excluding hydrogens is 260 g/mol. The van der Waals surface area contributed by atoms with Crippen molar-refractivity contribution in [2.24, 2.45) is 5.73 Å². The average molecular weight is 280 g/mol. The number of hydrogen-bond acceptors (Lipinski definition) is 2. The summed E-state index contributed by atoms with van der Waals surface area (Å²) < 4.78 is 0. The van der Waals surface area contributed by atoms with Crippen molar-refractivity contribution in [2.75, 3.05) is 18.0 Å². The topological polar surface area (TPSA) is 46.3 Å². The SMILES string of the molecule is C=C(C(N)=O)c1ccc2cc(N3CCCCC3)ccc2c1. The third-order valence-electron chi connectivity index (χ3n) is 4.19. The molecule has 1 fully saturated rings. The first-order valence-corrected chi connectivity index (χ1v) is 7.43. The van der Waals surface area contributed by atoms with Crippen LogP contribution in [-0.4, -0.2) is 19.0 Å². The van der Waals surface area contributed by atoms with Crippen molar-refractivity contribution in [1.82, 2.24) is 0 Å². The molecule has 2 N–H and O–H groups in total. The highest BCUT2D eigenvalue weighted by molar-refractivity contribution is 6.18. The van der Waals surface area contributed by atoms with Crippen molar-refractivity contribution < 1.29 is 4.79 Å². The molecule has 0 aromatic heterocycles. The molecule has 0 spiro atoms.